The van der Waals surface area contributed by atoms with Crippen molar-refractivity contribution in [3.63, 3.8) is 0 Å². The average molecular weight is 364 g/mol. The molecular weight excluding hydrogens is 345 g/mol. The molecule has 1 N–H and O–H groups in total. The number of nitrogens with zero attached hydrogens (tertiary/aromatic N) is 2. The van der Waals surface area contributed by atoms with Crippen molar-refractivity contribution < 1.29 is 4.39 Å². The Labute approximate surface area is 152 Å². The second-order valence-corrected chi connectivity index (χ2v) is 6.61. The molecule has 0 radical (unpaired) electrons. The van der Waals surface area contributed by atoms with Crippen LogP contribution in [-0.2, 0) is 0 Å². The summed E-state index contributed by atoms with van der Waals surface area (Å²) in [6.07, 6.45) is 0. The Hall–Kier alpha value is -1.85. The van der Waals surface area contributed by atoms with E-state index in [4.69, 9.17) is 23.8 Å². The van der Waals surface area contributed by atoms with Gasteiger partial charge in [-0.3, -0.25) is 0 Å². The molecule has 1 heterocycles. The zero-order valence-electron chi connectivity index (χ0n) is 13.4. The number of anilines is 2. The third-order valence-corrected chi connectivity index (χ3v) is 4.95. The van der Waals surface area contributed by atoms with Crippen molar-refractivity contribution in [2.75, 3.05) is 36.4 Å². The molecule has 0 saturated carbocycles. The summed E-state index contributed by atoms with van der Waals surface area (Å²) in [4.78, 5) is 4.15. The zero-order valence-corrected chi connectivity index (χ0v) is 15.0. The molecule has 1 aliphatic rings. The van der Waals surface area contributed by atoms with Crippen LogP contribution in [0.5, 0.6) is 0 Å². The molecule has 3 rings (SSSR count). The fourth-order valence-electron chi connectivity index (χ4n) is 2.73. The van der Waals surface area contributed by atoms with E-state index in [0.29, 0.717) is 15.8 Å². The van der Waals surface area contributed by atoms with Crippen molar-refractivity contribution in [3.8, 4) is 0 Å². The van der Waals surface area contributed by atoms with Gasteiger partial charge in [-0.2, -0.15) is 0 Å². The minimum absolute atomic E-state index is 0.180. The van der Waals surface area contributed by atoms with Gasteiger partial charge in [0, 0.05) is 36.9 Å². The van der Waals surface area contributed by atoms with Gasteiger partial charge in [-0.25, -0.2) is 4.39 Å². The fourth-order valence-corrected chi connectivity index (χ4v) is 3.21. The molecule has 0 aromatic heterocycles. The van der Waals surface area contributed by atoms with Crippen LogP contribution >= 0.6 is 23.8 Å². The van der Waals surface area contributed by atoms with Crippen molar-refractivity contribution in [3.05, 3.63) is 58.9 Å². The van der Waals surface area contributed by atoms with Crippen LogP contribution in [0.4, 0.5) is 15.8 Å². The van der Waals surface area contributed by atoms with E-state index in [-0.39, 0.29) is 5.82 Å². The predicted molar refractivity (Wildman–Crippen MR) is 103 cm³/mol. The topological polar surface area (TPSA) is 18.5 Å². The van der Waals surface area contributed by atoms with E-state index in [9.17, 15) is 4.39 Å². The lowest BCUT2D eigenvalue weighted by atomic mass is 10.2. The summed E-state index contributed by atoms with van der Waals surface area (Å²) in [5.41, 5.74) is 2.57. The van der Waals surface area contributed by atoms with Gasteiger partial charge >= 0.3 is 0 Å². The van der Waals surface area contributed by atoms with E-state index in [0.717, 1.165) is 37.4 Å². The Morgan fingerprint density at radius 1 is 1.12 bits per heavy atom. The first-order chi connectivity index (χ1) is 11.5. The number of hydrogen-bond donors (Lipinski definition) is 1. The first-order valence-corrected chi connectivity index (χ1v) is 8.65. The minimum atomic E-state index is -0.180. The number of piperazine rings is 1. The molecule has 3 nitrogen and oxygen atoms in total. The summed E-state index contributed by atoms with van der Waals surface area (Å²) in [6.45, 7) is 4.93. The van der Waals surface area contributed by atoms with Crippen LogP contribution in [0.1, 0.15) is 5.56 Å². The number of halogens is 2. The molecule has 1 aliphatic heterocycles. The largest absolute Gasteiger partial charge is 0.366 e. The highest BCUT2D eigenvalue weighted by molar-refractivity contribution is 7.80. The van der Waals surface area contributed by atoms with Crippen molar-refractivity contribution in [2.24, 2.45) is 0 Å². The third kappa shape index (κ3) is 3.79. The van der Waals surface area contributed by atoms with E-state index in [1.54, 1.807) is 6.07 Å². The molecule has 0 bridgehead atoms. The molecule has 2 aromatic carbocycles. The fraction of sp³-hybridized carbons (Fsp3) is 0.278. The van der Waals surface area contributed by atoms with Gasteiger partial charge in [0.2, 0.25) is 0 Å². The van der Waals surface area contributed by atoms with Gasteiger partial charge in [0.1, 0.15) is 5.82 Å². The number of thiocarbonyl (C=S) groups is 1. The molecule has 0 unspecified atom stereocenters. The second kappa shape index (κ2) is 7.36. The lowest BCUT2D eigenvalue weighted by Gasteiger charge is -2.37. The van der Waals surface area contributed by atoms with E-state index in [1.807, 2.05) is 37.3 Å². The summed E-state index contributed by atoms with van der Waals surface area (Å²) in [6, 6.07) is 12.7. The van der Waals surface area contributed by atoms with Crippen molar-refractivity contribution in [1.82, 2.24) is 4.90 Å². The van der Waals surface area contributed by atoms with E-state index in [1.165, 1.54) is 6.07 Å². The van der Waals surface area contributed by atoms with Crippen molar-refractivity contribution in [1.29, 1.82) is 0 Å². The van der Waals surface area contributed by atoms with Crippen LogP contribution in [0.25, 0.3) is 0 Å². The van der Waals surface area contributed by atoms with E-state index < -0.39 is 0 Å². The molecule has 2 aromatic rings. The van der Waals surface area contributed by atoms with Gasteiger partial charge in [0.15, 0.2) is 5.11 Å². The van der Waals surface area contributed by atoms with Crippen molar-refractivity contribution >= 4 is 40.3 Å². The number of nitrogens with one attached hydrogen (secondary N) is 1. The maximum atomic E-state index is 13.9. The molecule has 24 heavy (non-hydrogen) atoms. The lowest BCUT2D eigenvalue weighted by Crippen LogP contribution is -2.50. The van der Waals surface area contributed by atoms with E-state index in [2.05, 4.69) is 15.1 Å². The number of aryl methyl sites for hydroxylation is 1. The Kier molecular flexibility index (Phi) is 5.21. The summed E-state index contributed by atoms with van der Waals surface area (Å²) < 4.78 is 13.9. The highest BCUT2D eigenvalue weighted by Crippen LogP contribution is 2.22. The van der Waals surface area contributed by atoms with Crippen LogP contribution in [0.3, 0.4) is 0 Å². The molecule has 6 heteroatoms. The molecule has 0 atom stereocenters. The van der Waals surface area contributed by atoms with E-state index >= 15 is 0 Å². The summed E-state index contributed by atoms with van der Waals surface area (Å²) in [7, 11) is 0. The summed E-state index contributed by atoms with van der Waals surface area (Å²) >= 11 is 11.6. The average Bonchev–Trinajstić information content (AvgIpc) is 2.59. The maximum absolute atomic E-state index is 13.9. The zero-order chi connectivity index (χ0) is 17.1. The summed E-state index contributed by atoms with van der Waals surface area (Å²) in [5.74, 6) is -0.180. The monoisotopic (exact) mass is 363 g/mol. The van der Waals surface area contributed by atoms with Crippen LogP contribution in [0.2, 0.25) is 5.02 Å². The van der Waals surface area contributed by atoms with Gasteiger partial charge in [-0.15, -0.1) is 0 Å². The first kappa shape index (κ1) is 17.0. The molecule has 0 amide bonds. The van der Waals surface area contributed by atoms with Crippen molar-refractivity contribution in [2.45, 2.75) is 6.92 Å². The number of rotatable bonds is 2. The van der Waals surface area contributed by atoms with Gasteiger partial charge < -0.3 is 15.1 Å². The molecule has 0 spiro atoms. The number of para-hydroxylation sites is 1. The Morgan fingerprint density at radius 3 is 2.50 bits per heavy atom. The highest BCUT2D eigenvalue weighted by Gasteiger charge is 2.20. The van der Waals surface area contributed by atoms with Gasteiger partial charge in [0.05, 0.1) is 5.69 Å². The molecule has 0 aliphatic carbocycles. The SMILES string of the molecule is Cc1ccc(NC(=S)N2CCN(c3ccccc3F)CC2)cc1Cl. The van der Waals surface area contributed by atoms with Crippen LogP contribution in [0, 0.1) is 12.7 Å². The Bertz CT molecular complexity index is 745. The summed E-state index contributed by atoms with van der Waals surface area (Å²) in [5, 5.41) is 4.61. The third-order valence-electron chi connectivity index (χ3n) is 4.18. The molecular formula is C18H19ClFN3S. The Balaban J connectivity index is 1.59. The normalized spacial score (nSPS) is 14.6. The lowest BCUT2D eigenvalue weighted by molar-refractivity contribution is 0.388. The number of hydrogen-bond acceptors (Lipinski definition) is 2. The minimum Gasteiger partial charge on any atom is -0.366 e. The Morgan fingerprint density at radius 2 is 1.83 bits per heavy atom. The molecule has 1 saturated heterocycles. The number of benzene rings is 2. The van der Waals surface area contributed by atoms with Crippen LogP contribution < -0.4 is 10.2 Å². The van der Waals surface area contributed by atoms with Crippen LogP contribution in [0.15, 0.2) is 42.5 Å². The van der Waals surface area contributed by atoms with Gasteiger partial charge in [0.25, 0.3) is 0 Å². The van der Waals surface area contributed by atoms with Gasteiger partial charge in [-0.05, 0) is 49.0 Å². The highest BCUT2D eigenvalue weighted by atomic mass is 35.5. The second-order valence-electron chi connectivity index (χ2n) is 5.82. The smallest absolute Gasteiger partial charge is 0.173 e. The predicted octanol–water partition coefficient (Wildman–Crippen LogP) is 4.31. The molecule has 1 fully saturated rings. The van der Waals surface area contributed by atoms with Crippen LogP contribution in [-0.4, -0.2) is 36.2 Å². The quantitative estimate of drug-likeness (QED) is 0.801. The maximum Gasteiger partial charge on any atom is 0.173 e. The standard InChI is InChI=1S/C18H19ClFN3S/c1-13-6-7-14(12-15(13)19)21-18(24)23-10-8-22(9-11-23)17-5-3-2-4-16(17)20/h2-7,12H,8-11H2,1H3,(H,21,24). The molecule has 126 valence electrons. The first-order valence-electron chi connectivity index (χ1n) is 7.86. The van der Waals surface area contributed by atoms with Gasteiger partial charge in [-0.1, -0.05) is 29.8 Å².